The van der Waals surface area contributed by atoms with Gasteiger partial charge in [0.15, 0.2) is 0 Å². The summed E-state index contributed by atoms with van der Waals surface area (Å²) in [5.74, 6) is 3.25. The number of carbonyl (C=O) groups is 1. The Morgan fingerprint density at radius 2 is 2.00 bits per heavy atom. The van der Waals surface area contributed by atoms with Crippen molar-refractivity contribution in [2.24, 2.45) is 0 Å². The lowest BCUT2D eigenvalue weighted by Crippen LogP contribution is -2.50. The molecule has 0 radical (unpaired) electrons. The summed E-state index contributed by atoms with van der Waals surface area (Å²) in [4.78, 5) is 14.5. The third-order valence-corrected chi connectivity index (χ3v) is 5.96. The van der Waals surface area contributed by atoms with E-state index in [4.69, 9.17) is 9.15 Å². The van der Waals surface area contributed by atoms with Crippen LogP contribution in [0.3, 0.4) is 0 Å². The number of nitrogens with one attached hydrogen (secondary N) is 1. The predicted molar refractivity (Wildman–Crippen MR) is 104 cm³/mol. The van der Waals surface area contributed by atoms with E-state index in [2.05, 4.69) is 22.3 Å². The number of hydrogen-bond donors (Lipinski definition) is 1. The maximum absolute atomic E-state index is 12.0. The third-order valence-electron chi connectivity index (χ3n) is 5.96. The largest absolute Gasteiger partial charge is 0.487 e. The fourth-order valence-corrected chi connectivity index (χ4v) is 4.47. The molecular weight excluding hydrogens is 340 g/mol. The van der Waals surface area contributed by atoms with Gasteiger partial charge in [-0.3, -0.25) is 9.69 Å². The average molecular weight is 368 g/mol. The van der Waals surface area contributed by atoms with Gasteiger partial charge in [-0.2, -0.15) is 0 Å². The molecule has 27 heavy (non-hydrogen) atoms. The van der Waals surface area contributed by atoms with E-state index >= 15 is 0 Å². The molecule has 1 saturated heterocycles. The van der Waals surface area contributed by atoms with Crippen LogP contribution >= 0.6 is 0 Å². The normalized spacial score (nSPS) is 21.5. The van der Waals surface area contributed by atoms with Crippen LogP contribution in [0, 0.1) is 6.92 Å². The topological polar surface area (TPSA) is 54.7 Å². The van der Waals surface area contributed by atoms with Crippen LogP contribution in [0.4, 0.5) is 0 Å². The average Bonchev–Trinajstić information content (AvgIpc) is 3.08. The molecular formula is C22H28N2O3. The van der Waals surface area contributed by atoms with Gasteiger partial charge in [0.1, 0.15) is 22.9 Å². The Kier molecular flexibility index (Phi) is 4.96. The van der Waals surface area contributed by atoms with Crippen LogP contribution in [0.1, 0.15) is 48.7 Å². The molecule has 1 aromatic carbocycles. The van der Waals surface area contributed by atoms with E-state index in [-0.39, 0.29) is 17.4 Å². The molecule has 144 valence electrons. The van der Waals surface area contributed by atoms with E-state index in [1.54, 1.807) is 7.05 Å². The maximum atomic E-state index is 12.0. The Morgan fingerprint density at radius 3 is 2.70 bits per heavy atom. The minimum Gasteiger partial charge on any atom is -0.487 e. The Morgan fingerprint density at radius 1 is 1.22 bits per heavy atom. The van der Waals surface area contributed by atoms with Crippen molar-refractivity contribution < 1.29 is 13.9 Å². The number of ether oxygens (including phenoxy) is 1. The van der Waals surface area contributed by atoms with Crippen molar-refractivity contribution in [3.05, 3.63) is 53.5 Å². The van der Waals surface area contributed by atoms with E-state index in [0.29, 0.717) is 6.42 Å². The van der Waals surface area contributed by atoms with Gasteiger partial charge >= 0.3 is 0 Å². The minimum absolute atomic E-state index is 0.0949. The van der Waals surface area contributed by atoms with Crippen molar-refractivity contribution in [1.82, 2.24) is 10.2 Å². The van der Waals surface area contributed by atoms with Crippen molar-refractivity contribution >= 4 is 5.91 Å². The van der Waals surface area contributed by atoms with Crippen molar-refractivity contribution in [3.63, 3.8) is 0 Å². The second-order valence-corrected chi connectivity index (χ2v) is 7.89. The van der Waals surface area contributed by atoms with Gasteiger partial charge in [0.25, 0.3) is 0 Å². The molecule has 0 saturated carbocycles. The van der Waals surface area contributed by atoms with Crippen molar-refractivity contribution in [2.75, 3.05) is 20.1 Å². The van der Waals surface area contributed by atoms with Crippen molar-refractivity contribution in [2.45, 2.75) is 50.7 Å². The van der Waals surface area contributed by atoms with Gasteiger partial charge in [0, 0.05) is 32.5 Å². The number of carbonyl (C=O) groups excluding carboxylic acids is 1. The summed E-state index contributed by atoms with van der Waals surface area (Å²) in [6.07, 6.45) is 3.38. The monoisotopic (exact) mass is 368 g/mol. The van der Waals surface area contributed by atoms with Gasteiger partial charge in [-0.05, 0) is 49.9 Å². The van der Waals surface area contributed by atoms with E-state index in [1.807, 2.05) is 31.2 Å². The molecule has 2 aromatic rings. The molecule has 1 aromatic heterocycles. The summed E-state index contributed by atoms with van der Waals surface area (Å²) in [7, 11) is 1.71. The second kappa shape index (κ2) is 7.39. The molecule has 0 bridgehead atoms. The quantitative estimate of drug-likeness (QED) is 0.895. The van der Waals surface area contributed by atoms with Gasteiger partial charge in [-0.1, -0.05) is 18.2 Å². The van der Waals surface area contributed by atoms with Gasteiger partial charge in [0.2, 0.25) is 5.91 Å². The highest BCUT2D eigenvalue weighted by atomic mass is 16.5. The van der Waals surface area contributed by atoms with Crippen LogP contribution in [-0.2, 0) is 11.3 Å². The first-order valence-electron chi connectivity index (χ1n) is 9.83. The zero-order valence-electron chi connectivity index (χ0n) is 16.2. The lowest BCUT2D eigenvalue weighted by Gasteiger charge is -2.46. The third kappa shape index (κ3) is 3.88. The summed E-state index contributed by atoms with van der Waals surface area (Å²) in [5.41, 5.74) is 1.00. The van der Waals surface area contributed by atoms with E-state index in [9.17, 15) is 4.79 Å². The highest BCUT2D eigenvalue weighted by Crippen LogP contribution is 2.46. The number of furan rings is 1. The highest BCUT2D eigenvalue weighted by Gasteiger charge is 2.43. The number of hydrogen-bond acceptors (Lipinski definition) is 4. The van der Waals surface area contributed by atoms with E-state index in [1.165, 1.54) is 5.56 Å². The summed E-state index contributed by atoms with van der Waals surface area (Å²) in [6, 6.07) is 12.3. The number of fused-ring (bicyclic) bond motifs is 1. The number of aryl methyl sites for hydroxylation is 1. The summed E-state index contributed by atoms with van der Waals surface area (Å²) < 4.78 is 12.3. The second-order valence-electron chi connectivity index (χ2n) is 7.89. The Balaban J connectivity index is 1.46. The number of amides is 1. The molecule has 1 unspecified atom stereocenters. The fourth-order valence-electron chi connectivity index (χ4n) is 4.47. The standard InChI is InChI=1S/C22H28N2O3/c1-16-7-8-18(26-16)15-24-11-9-22(10-12-24)14-17(13-21(25)23-2)19-5-3-4-6-20(19)27-22/h3-8,17H,9-15H2,1-2H3,(H,23,25). The zero-order chi connectivity index (χ0) is 18.9. The first-order chi connectivity index (χ1) is 13.1. The lowest BCUT2D eigenvalue weighted by atomic mass is 9.76. The van der Waals surface area contributed by atoms with Crippen LogP contribution < -0.4 is 10.1 Å². The Hall–Kier alpha value is -2.27. The highest BCUT2D eigenvalue weighted by molar-refractivity contribution is 5.76. The molecule has 4 rings (SSSR count). The van der Waals surface area contributed by atoms with Gasteiger partial charge in [-0.25, -0.2) is 0 Å². The lowest BCUT2D eigenvalue weighted by molar-refractivity contribution is -0.121. The van der Waals surface area contributed by atoms with E-state index in [0.717, 1.165) is 56.2 Å². The number of rotatable bonds is 4. The molecule has 1 N–H and O–H groups in total. The SMILES string of the molecule is CNC(=O)CC1CC2(CCN(Cc3ccc(C)o3)CC2)Oc2ccccc21. The molecule has 1 atom stereocenters. The van der Waals surface area contributed by atoms with Crippen LogP contribution in [-0.4, -0.2) is 36.5 Å². The molecule has 5 heteroatoms. The zero-order valence-corrected chi connectivity index (χ0v) is 16.2. The first-order valence-corrected chi connectivity index (χ1v) is 9.83. The molecule has 1 spiro atoms. The number of likely N-dealkylation sites (tertiary alicyclic amines) is 1. The number of nitrogens with zero attached hydrogens (tertiary/aromatic N) is 1. The number of benzene rings is 1. The molecule has 5 nitrogen and oxygen atoms in total. The first kappa shape index (κ1) is 18.1. The smallest absolute Gasteiger partial charge is 0.220 e. The maximum Gasteiger partial charge on any atom is 0.220 e. The summed E-state index contributed by atoms with van der Waals surface area (Å²) in [5, 5.41) is 2.77. The Labute approximate surface area is 160 Å². The number of para-hydroxylation sites is 1. The van der Waals surface area contributed by atoms with Crippen molar-refractivity contribution in [3.8, 4) is 5.75 Å². The molecule has 1 amide bonds. The number of piperidine rings is 1. The molecule has 2 aliphatic rings. The van der Waals surface area contributed by atoms with Gasteiger partial charge < -0.3 is 14.5 Å². The molecule has 3 heterocycles. The summed E-state index contributed by atoms with van der Waals surface area (Å²) >= 11 is 0. The van der Waals surface area contributed by atoms with Crippen molar-refractivity contribution in [1.29, 1.82) is 0 Å². The molecule has 0 aliphatic carbocycles. The molecule has 2 aliphatic heterocycles. The van der Waals surface area contributed by atoms with Crippen LogP contribution in [0.25, 0.3) is 0 Å². The van der Waals surface area contributed by atoms with Crippen LogP contribution in [0.15, 0.2) is 40.8 Å². The minimum atomic E-state index is -0.164. The predicted octanol–water partition coefficient (Wildman–Crippen LogP) is 3.63. The Bertz CT molecular complexity index is 805. The van der Waals surface area contributed by atoms with Crippen LogP contribution in [0.2, 0.25) is 0 Å². The molecule has 1 fully saturated rings. The van der Waals surface area contributed by atoms with Gasteiger partial charge in [-0.15, -0.1) is 0 Å². The fraction of sp³-hybridized carbons (Fsp3) is 0.500. The van der Waals surface area contributed by atoms with E-state index < -0.39 is 0 Å². The van der Waals surface area contributed by atoms with Crippen LogP contribution in [0.5, 0.6) is 5.75 Å². The van der Waals surface area contributed by atoms with Gasteiger partial charge in [0.05, 0.1) is 6.54 Å². The summed E-state index contributed by atoms with van der Waals surface area (Å²) in [6.45, 7) is 4.79.